The average Bonchev–Trinajstić information content (AvgIpc) is 2.50. The molecule has 0 amide bonds. The molecule has 0 N–H and O–H groups in total. The van der Waals surface area contributed by atoms with E-state index in [4.69, 9.17) is 9.31 Å². The first-order chi connectivity index (χ1) is 7.60. The third-order valence-electron chi connectivity index (χ3n) is 5.05. The SMILES string of the molecule is CCC(C)C1(C)OB(C(C)(C)CC)OC1(C)C. The van der Waals surface area contributed by atoms with Crippen LogP contribution in [0.5, 0.6) is 0 Å². The predicted molar refractivity (Wildman–Crippen MR) is 74.2 cm³/mol. The fraction of sp³-hybridized carbons (Fsp3) is 1.00. The third-order valence-corrected chi connectivity index (χ3v) is 5.05. The fourth-order valence-corrected chi connectivity index (χ4v) is 2.36. The maximum Gasteiger partial charge on any atom is 0.463 e. The van der Waals surface area contributed by atoms with Crippen molar-refractivity contribution in [2.24, 2.45) is 5.92 Å². The second kappa shape index (κ2) is 4.58. The first-order valence-corrected chi connectivity index (χ1v) is 6.96. The van der Waals surface area contributed by atoms with Gasteiger partial charge < -0.3 is 9.31 Å². The quantitative estimate of drug-likeness (QED) is 0.682. The molecule has 2 unspecified atom stereocenters. The van der Waals surface area contributed by atoms with Crippen molar-refractivity contribution in [3.63, 3.8) is 0 Å². The van der Waals surface area contributed by atoms with E-state index in [0.717, 1.165) is 12.8 Å². The van der Waals surface area contributed by atoms with Crippen LogP contribution in [-0.4, -0.2) is 18.3 Å². The molecular formula is C14H29BO2. The third kappa shape index (κ3) is 2.41. The lowest BCUT2D eigenvalue weighted by Crippen LogP contribution is -2.49. The molecule has 17 heavy (non-hydrogen) atoms. The number of rotatable bonds is 4. The van der Waals surface area contributed by atoms with E-state index >= 15 is 0 Å². The molecule has 0 spiro atoms. The molecule has 0 saturated carbocycles. The van der Waals surface area contributed by atoms with Gasteiger partial charge in [-0.05, 0) is 32.0 Å². The van der Waals surface area contributed by atoms with Crippen LogP contribution in [0.4, 0.5) is 0 Å². The molecule has 0 aromatic heterocycles. The highest BCUT2D eigenvalue weighted by molar-refractivity contribution is 6.49. The first kappa shape index (κ1) is 15.0. The van der Waals surface area contributed by atoms with E-state index in [2.05, 4.69) is 55.4 Å². The molecule has 1 heterocycles. The van der Waals surface area contributed by atoms with Crippen LogP contribution in [-0.2, 0) is 9.31 Å². The summed E-state index contributed by atoms with van der Waals surface area (Å²) in [7, 11) is -0.0958. The Morgan fingerprint density at radius 2 is 1.65 bits per heavy atom. The minimum absolute atomic E-state index is 0.0719. The molecule has 0 aliphatic carbocycles. The Kier molecular flexibility index (Phi) is 4.06. The zero-order valence-electron chi connectivity index (χ0n) is 12.9. The zero-order chi connectivity index (χ0) is 13.5. The van der Waals surface area contributed by atoms with E-state index in [9.17, 15) is 0 Å². The van der Waals surface area contributed by atoms with Crippen LogP contribution >= 0.6 is 0 Å². The fourth-order valence-electron chi connectivity index (χ4n) is 2.36. The minimum atomic E-state index is -0.223. The number of hydrogen-bond acceptors (Lipinski definition) is 2. The lowest BCUT2D eigenvalue weighted by Gasteiger charge is -2.41. The summed E-state index contributed by atoms with van der Waals surface area (Å²) in [5.74, 6) is 0.496. The van der Waals surface area contributed by atoms with Crippen LogP contribution in [0.2, 0.25) is 5.31 Å². The summed E-state index contributed by atoms with van der Waals surface area (Å²) in [6.45, 7) is 17.6. The van der Waals surface area contributed by atoms with Gasteiger partial charge in [-0.3, -0.25) is 0 Å². The number of hydrogen-bond donors (Lipinski definition) is 0. The van der Waals surface area contributed by atoms with E-state index in [1.54, 1.807) is 0 Å². The molecule has 3 heteroatoms. The van der Waals surface area contributed by atoms with Gasteiger partial charge in [-0.25, -0.2) is 0 Å². The van der Waals surface area contributed by atoms with Gasteiger partial charge in [0.25, 0.3) is 0 Å². The van der Waals surface area contributed by atoms with E-state index < -0.39 is 0 Å². The molecule has 0 radical (unpaired) electrons. The summed E-state index contributed by atoms with van der Waals surface area (Å²) in [5.41, 5.74) is -0.418. The topological polar surface area (TPSA) is 18.5 Å². The van der Waals surface area contributed by atoms with Gasteiger partial charge in [-0.1, -0.05) is 47.5 Å². The van der Waals surface area contributed by atoms with E-state index in [0.29, 0.717) is 5.92 Å². The molecule has 1 rings (SSSR count). The van der Waals surface area contributed by atoms with Gasteiger partial charge in [0.1, 0.15) is 0 Å². The summed E-state index contributed by atoms with van der Waals surface area (Å²) >= 11 is 0. The lowest BCUT2D eigenvalue weighted by molar-refractivity contribution is -0.0500. The first-order valence-electron chi connectivity index (χ1n) is 6.96. The summed E-state index contributed by atoms with van der Waals surface area (Å²) in [6, 6.07) is 0. The molecular weight excluding hydrogens is 211 g/mol. The maximum atomic E-state index is 6.35. The standard InChI is InChI=1S/C14H29BO2/c1-9-11(3)14(8)13(6,7)16-15(17-14)12(4,5)10-2/h11H,9-10H2,1-8H3. The summed E-state index contributed by atoms with van der Waals surface area (Å²) in [5, 5.41) is 0.0719. The molecule has 1 saturated heterocycles. The van der Waals surface area contributed by atoms with Crippen molar-refractivity contribution >= 4 is 7.12 Å². The minimum Gasteiger partial charge on any atom is -0.403 e. The van der Waals surface area contributed by atoms with Crippen molar-refractivity contribution in [3.8, 4) is 0 Å². The van der Waals surface area contributed by atoms with Gasteiger partial charge in [0.2, 0.25) is 0 Å². The van der Waals surface area contributed by atoms with Gasteiger partial charge in [0.05, 0.1) is 11.2 Å². The van der Waals surface area contributed by atoms with Gasteiger partial charge in [0.15, 0.2) is 0 Å². The van der Waals surface area contributed by atoms with Crippen LogP contribution in [0.15, 0.2) is 0 Å². The monoisotopic (exact) mass is 240 g/mol. The Balaban J connectivity index is 2.98. The van der Waals surface area contributed by atoms with Crippen LogP contribution in [0, 0.1) is 5.92 Å². The van der Waals surface area contributed by atoms with Gasteiger partial charge in [-0.2, -0.15) is 0 Å². The highest BCUT2D eigenvalue weighted by atomic mass is 16.7. The van der Waals surface area contributed by atoms with E-state index in [1.165, 1.54) is 0 Å². The van der Waals surface area contributed by atoms with Gasteiger partial charge in [-0.15, -0.1) is 0 Å². The zero-order valence-corrected chi connectivity index (χ0v) is 12.9. The van der Waals surface area contributed by atoms with Gasteiger partial charge in [0, 0.05) is 0 Å². The van der Waals surface area contributed by atoms with Crippen LogP contribution in [0.1, 0.15) is 68.2 Å². The Hall–Kier alpha value is -0.0151. The highest BCUT2D eigenvalue weighted by Crippen LogP contribution is 2.49. The summed E-state index contributed by atoms with van der Waals surface area (Å²) in [6.07, 6.45) is 2.17. The van der Waals surface area contributed by atoms with Crippen molar-refractivity contribution in [3.05, 3.63) is 0 Å². The second-order valence-corrected chi connectivity index (χ2v) is 6.84. The largest absolute Gasteiger partial charge is 0.463 e. The molecule has 2 atom stereocenters. The molecule has 1 fully saturated rings. The van der Waals surface area contributed by atoms with Crippen molar-refractivity contribution in [2.45, 2.75) is 84.7 Å². The molecule has 0 aromatic rings. The van der Waals surface area contributed by atoms with Crippen LogP contribution in [0.25, 0.3) is 0 Å². The maximum absolute atomic E-state index is 6.35. The molecule has 100 valence electrons. The summed E-state index contributed by atoms with van der Waals surface area (Å²) in [4.78, 5) is 0. The van der Waals surface area contributed by atoms with E-state index in [1.807, 2.05) is 0 Å². The van der Waals surface area contributed by atoms with Crippen LogP contribution in [0.3, 0.4) is 0 Å². The lowest BCUT2D eigenvalue weighted by atomic mass is 9.58. The highest BCUT2D eigenvalue weighted by Gasteiger charge is 2.59. The van der Waals surface area contributed by atoms with Crippen molar-refractivity contribution in [2.75, 3.05) is 0 Å². The average molecular weight is 240 g/mol. The summed E-state index contributed by atoms with van der Waals surface area (Å²) < 4.78 is 12.6. The molecule has 1 aliphatic rings. The van der Waals surface area contributed by atoms with Crippen molar-refractivity contribution in [1.82, 2.24) is 0 Å². The predicted octanol–water partition coefficient (Wildman–Crippen LogP) is 4.30. The second-order valence-electron chi connectivity index (χ2n) is 6.84. The van der Waals surface area contributed by atoms with Crippen molar-refractivity contribution in [1.29, 1.82) is 0 Å². The van der Waals surface area contributed by atoms with E-state index in [-0.39, 0.29) is 23.6 Å². The molecule has 1 aliphatic heterocycles. The van der Waals surface area contributed by atoms with Crippen LogP contribution < -0.4 is 0 Å². The molecule has 2 nitrogen and oxygen atoms in total. The normalized spacial score (nSPS) is 30.7. The Morgan fingerprint density at radius 3 is 2.06 bits per heavy atom. The molecule has 0 bridgehead atoms. The Bertz CT molecular complexity index is 275. The molecule has 0 aromatic carbocycles. The van der Waals surface area contributed by atoms with Crippen molar-refractivity contribution < 1.29 is 9.31 Å². The Labute approximate surface area is 108 Å². The Morgan fingerprint density at radius 1 is 1.12 bits per heavy atom. The van der Waals surface area contributed by atoms with Gasteiger partial charge >= 0.3 is 7.12 Å². The smallest absolute Gasteiger partial charge is 0.403 e.